The van der Waals surface area contributed by atoms with Crippen molar-refractivity contribution in [3.63, 3.8) is 0 Å². The lowest BCUT2D eigenvalue weighted by atomic mass is 9.95. The lowest BCUT2D eigenvalue weighted by Gasteiger charge is -2.29. The number of amides is 1. The van der Waals surface area contributed by atoms with E-state index in [1.807, 2.05) is 6.92 Å². The predicted molar refractivity (Wildman–Crippen MR) is 100 cm³/mol. The Balaban J connectivity index is 4.13. The van der Waals surface area contributed by atoms with Crippen LogP contribution in [-0.4, -0.2) is 66.9 Å². The van der Waals surface area contributed by atoms with E-state index in [0.29, 0.717) is 6.42 Å². The van der Waals surface area contributed by atoms with Crippen LogP contribution in [0, 0.1) is 0 Å². The van der Waals surface area contributed by atoms with Crippen molar-refractivity contribution in [2.45, 2.75) is 64.8 Å². The van der Waals surface area contributed by atoms with Crippen LogP contribution in [0.5, 0.6) is 0 Å². The first kappa shape index (κ1) is 25.2. The molecule has 0 bridgehead atoms. The monoisotopic (exact) mass is 387 g/mol. The third-order valence-electron chi connectivity index (χ3n) is 3.75. The second-order valence-electron chi connectivity index (χ2n) is 6.57. The predicted octanol–water partition coefficient (Wildman–Crippen LogP) is 1.15. The summed E-state index contributed by atoms with van der Waals surface area (Å²) in [7, 11) is 0. The smallest absolute Gasteiger partial charge is 0.330 e. The van der Waals surface area contributed by atoms with Gasteiger partial charge in [-0.1, -0.05) is 26.3 Å². The minimum absolute atomic E-state index is 0.106. The van der Waals surface area contributed by atoms with Gasteiger partial charge in [0.1, 0.15) is 24.4 Å². The Labute approximate surface area is 161 Å². The highest BCUT2D eigenvalue weighted by Crippen LogP contribution is 2.18. The van der Waals surface area contributed by atoms with Crippen molar-refractivity contribution in [3.8, 4) is 0 Å². The van der Waals surface area contributed by atoms with E-state index in [1.165, 1.54) is 0 Å². The fourth-order valence-electron chi connectivity index (χ4n) is 2.24. The molecule has 156 valence electrons. The number of unbranched alkanes of at least 4 members (excludes halogenated alkanes) is 1. The van der Waals surface area contributed by atoms with Gasteiger partial charge in [-0.15, -0.1) is 0 Å². The standard InChI is InChI=1S/C19H33NO7/c1-6-8-9-15(21)17(23)19(4,5)27-14(3)18(24)20-10-11-25-12-13-26-16(22)7-2/h7,14-15,21H,2,6,8-13H2,1,3-5H3,(H,20,24). The molecule has 2 atom stereocenters. The average Bonchev–Trinajstić information content (AvgIpc) is 2.63. The number of carbonyl (C=O) groups is 3. The summed E-state index contributed by atoms with van der Waals surface area (Å²) in [6, 6.07) is 0. The number of Topliss-reactive ketones (excluding diaryl/α,β-unsaturated/α-hetero) is 1. The molecule has 0 saturated carbocycles. The number of aliphatic hydroxyl groups excluding tert-OH is 1. The Morgan fingerprint density at radius 3 is 2.48 bits per heavy atom. The molecule has 0 aromatic rings. The van der Waals surface area contributed by atoms with Crippen molar-refractivity contribution in [1.82, 2.24) is 5.32 Å². The largest absolute Gasteiger partial charge is 0.460 e. The molecule has 1 amide bonds. The van der Waals surface area contributed by atoms with Gasteiger partial charge in [-0.25, -0.2) is 4.79 Å². The summed E-state index contributed by atoms with van der Waals surface area (Å²) >= 11 is 0. The van der Waals surface area contributed by atoms with Gasteiger partial charge in [0.2, 0.25) is 5.91 Å². The molecule has 0 aliphatic rings. The number of hydrogen-bond donors (Lipinski definition) is 2. The van der Waals surface area contributed by atoms with Crippen LogP contribution in [-0.2, 0) is 28.6 Å². The van der Waals surface area contributed by atoms with E-state index in [4.69, 9.17) is 14.2 Å². The van der Waals surface area contributed by atoms with Gasteiger partial charge in [0.25, 0.3) is 0 Å². The summed E-state index contributed by atoms with van der Waals surface area (Å²) < 4.78 is 15.5. The Morgan fingerprint density at radius 1 is 1.22 bits per heavy atom. The van der Waals surface area contributed by atoms with Crippen LogP contribution in [0.15, 0.2) is 12.7 Å². The van der Waals surface area contributed by atoms with E-state index >= 15 is 0 Å². The molecular weight excluding hydrogens is 354 g/mol. The van der Waals surface area contributed by atoms with Crippen LogP contribution in [0.4, 0.5) is 0 Å². The van der Waals surface area contributed by atoms with Gasteiger partial charge in [-0.3, -0.25) is 9.59 Å². The maximum atomic E-state index is 12.3. The highest BCUT2D eigenvalue weighted by Gasteiger charge is 2.36. The number of nitrogens with one attached hydrogen (secondary N) is 1. The summed E-state index contributed by atoms with van der Waals surface area (Å²) in [6.45, 7) is 10.7. The molecule has 8 heteroatoms. The molecule has 2 unspecified atom stereocenters. The molecule has 0 fully saturated rings. The van der Waals surface area contributed by atoms with Gasteiger partial charge in [0, 0.05) is 12.6 Å². The number of ether oxygens (including phenoxy) is 3. The Bertz CT molecular complexity index is 490. The molecule has 27 heavy (non-hydrogen) atoms. The van der Waals surface area contributed by atoms with E-state index in [1.54, 1.807) is 20.8 Å². The van der Waals surface area contributed by atoms with Gasteiger partial charge in [-0.2, -0.15) is 0 Å². The molecule has 8 nitrogen and oxygen atoms in total. The number of aliphatic hydroxyl groups is 1. The first-order chi connectivity index (χ1) is 12.7. The van der Waals surface area contributed by atoms with Gasteiger partial charge in [-0.05, 0) is 27.2 Å². The SMILES string of the molecule is C=CC(=O)OCCOCCNC(=O)C(C)OC(C)(C)C(=O)C(O)CCCC. The van der Waals surface area contributed by atoms with Crippen LogP contribution in [0.2, 0.25) is 0 Å². The minimum atomic E-state index is -1.27. The third-order valence-corrected chi connectivity index (χ3v) is 3.75. The lowest BCUT2D eigenvalue weighted by Crippen LogP contribution is -2.48. The molecule has 0 saturated heterocycles. The fraction of sp³-hybridized carbons (Fsp3) is 0.737. The van der Waals surface area contributed by atoms with E-state index in [0.717, 1.165) is 18.9 Å². The minimum Gasteiger partial charge on any atom is -0.460 e. The van der Waals surface area contributed by atoms with Gasteiger partial charge in [0.15, 0.2) is 5.78 Å². The Hall–Kier alpha value is -1.77. The molecule has 0 spiro atoms. The summed E-state index contributed by atoms with van der Waals surface area (Å²) in [6.07, 6.45) is 1.10. The molecule has 0 aliphatic heterocycles. The topological polar surface area (TPSA) is 111 Å². The van der Waals surface area contributed by atoms with Crippen molar-refractivity contribution in [2.75, 3.05) is 26.4 Å². The number of carbonyl (C=O) groups excluding carboxylic acids is 3. The molecule has 0 heterocycles. The summed E-state index contributed by atoms with van der Waals surface area (Å²) in [5.74, 6) is -1.34. The summed E-state index contributed by atoms with van der Waals surface area (Å²) in [5.41, 5.74) is -1.27. The molecule has 0 aromatic heterocycles. The second kappa shape index (κ2) is 13.4. The van der Waals surface area contributed by atoms with Crippen molar-refractivity contribution in [2.24, 2.45) is 0 Å². The normalized spacial score (nSPS) is 13.5. The lowest BCUT2D eigenvalue weighted by molar-refractivity contribution is -0.161. The quantitative estimate of drug-likeness (QED) is 0.246. The Kier molecular flexibility index (Phi) is 12.5. The van der Waals surface area contributed by atoms with E-state index in [2.05, 4.69) is 11.9 Å². The average molecular weight is 387 g/mol. The van der Waals surface area contributed by atoms with Gasteiger partial charge < -0.3 is 24.6 Å². The van der Waals surface area contributed by atoms with Gasteiger partial charge in [0.05, 0.1) is 13.2 Å². The zero-order valence-corrected chi connectivity index (χ0v) is 16.8. The Morgan fingerprint density at radius 2 is 1.89 bits per heavy atom. The third kappa shape index (κ3) is 10.8. The zero-order chi connectivity index (χ0) is 20.9. The maximum absolute atomic E-state index is 12.3. The molecule has 0 aliphatic carbocycles. The molecule has 0 aromatic carbocycles. The van der Waals surface area contributed by atoms with E-state index in [9.17, 15) is 19.5 Å². The highest BCUT2D eigenvalue weighted by molar-refractivity contribution is 5.91. The zero-order valence-electron chi connectivity index (χ0n) is 16.8. The van der Waals surface area contributed by atoms with Crippen molar-refractivity contribution >= 4 is 17.7 Å². The fourth-order valence-corrected chi connectivity index (χ4v) is 2.24. The van der Waals surface area contributed by atoms with Crippen molar-refractivity contribution in [3.05, 3.63) is 12.7 Å². The van der Waals surface area contributed by atoms with E-state index in [-0.39, 0.29) is 32.3 Å². The maximum Gasteiger partial charge on any atom is 0.330 e. The molecular formula is C19H33NO7. The summed E-state index contributed by atoms with van der Waals surface area (Å²) in [4.78, 5) is 35.2. The number of hydrogen-bond acceptors (Lipinski definition) is 7. The molecule has 2 N–H and O–H groups in total. The van der Waals surface area contributed by atoms with Crippen LogP contribution in [0.25, 0.3) is 0 Å². The van der Waals surface area contributed by atoms with Crippen molar-refractivity contribution < 1.29 is 33.7 Å². The number of esters is 1. The second-order valence-corrected chi connectivity index (χ2v) is 6.57. The van der Waals surface area contributed by atoms with Crippen LogP contribution < -0.4 is 5.32 Å². The summed E-state index contributed by atoms with van der Waals surface area (Å²) in [5, 5.41) is 12.6. The van der Waals surface area contributed by atoms with E-state index < -0.39 is 29.6 Å². The van der Waals surface area contributed by atoms with Gasteiger partial charge >= 0.3 is 5.97 Å². The first-order valence-corrected chi connectivity index (χ1v) is 9.20. The van der Waals surface area contributed by atoms with Crippen LogP contribution in [0.3, 0.4) is 0 Å². The van der Waals surface area contributed by atoms with Crippen LogP contribution >= 0.6 is 0 Å². The molecule has 0 radical (unpaired) electrons. The highest BCUT2D eigenvalue weighted by atomic mass is 16.6. The van der Waals surface area contributed by atoms with Crippen molar-refractivity contribution in [1.29, 1.82) is 0 Å². The first-order valence-electron chi connectivity index (χ1n) is 9.20. The van der Waals surface area contributed by atoms with Crippen LogP contribution in [0.1, 0.15) is 47.0 Å². The molecule has 0 rings (SSSR count). The number of ketones is 1. The number of rotatable bonds is 15.